The number of benzene rings is 1. The molecule has 2 aliphatic rings. The van der Waals surface area contributed by atoms with E-state index in [0.29, 0.717) is 18.0 Å². The first-order chi connectivity index (χ1) is 8.93. The lowest BCUT2D eigenvalue weighted by molar-refractivity contribution is 0.455. The minimum absolute atomic E-state index is 0.380. The summed E-state index contributed by atoms with van der Waals surface area (Å²) in [6, 6.07) is 13.8. The van der Waals surface area contributed by atoms with Crippen molar-refractivity contribution in [3.8, 4) is 0 Å². The fraction of sp³-hybridized carbons (Fsp3) is 0.267. The number of fused-ring (bicyclic) bond motifs is 3. The molecule has 3 atom stereocenters. The molecule has 2 aromatic rings. The molecular formula is C15H15N3. The van der Waals surface area contributed by atoms with Gasteiger partial charge in [-0.1, -0.05) is 24.3 Å². The van der Waals surface area contributed by atoms with Crippen molar-refractivity contribution >= 4 is 0 Å². The molecule has 3 nitrogen and oxygen atoms in total. The lowest BCUT2D eigenvalue weighted by Gasteiger charge is -2.16. The number of pyridine rings is 1. The topological polar surface area (TPSA) is 37.0 Å². The Labute approximate surface area is 106 Å². The van der Waals surface area contributed by atoms with Crippen LogP contribution in [0.15, 0.2) is 48.8 Å². The molecule has 90 valence electrons. The molecule has 1 aliphatic heterocycles. The average molecular weight is 237 g/mol. The van der Waals surface area contributed by atoms with Crippen molar-refractivity contribution in [3.05, 3.63) is 65.5 Å². The van der Waals surface area contributed by atoms with E-state index < -0.39 is 0 Å². The first-order valence-electron chi connectivity index (χ1n) is 6.42. The van der Waals surface area contributed by atoms with Gasteiger partial charge in [-0.15, -0.1) is 0 Å². The van der Waals surface area contributed by atoms with Gasteiger partial charge in [-0.05, 0) is 35.2 Å². The summed E-state index contributed by atoms with van der Waals surface area (Å²) in [6.45, 7) is 0. The molecule has 0 bridgehead atoms. The Hall–Kier alpha value is -1.71. The van der Waals surface area contributed by atoms with Crippen molar-refractivity contribution in [1.82, 2.24) is 15.8 Å². The molecule has 2 heterocycles. The monoisotopic (exact) mass is 237 g/mol. The molecule has 1 saturated heterocycles. The van der Waals surface area contributed by atoms with Gasteiger partial charge in [-0.2, -0.15) is 0 Å². The third kappa shape index (κ3) is 1.41. The zero-order chi connectivity index (χ0) is 11.9. The Balaban J connectivity index is 1.70. The molecule has 18 heavy (non-hydrogen) atoms. The van der Waals surface area contributed by atoms with Gasteiger partial charge in [0.1, 0.15) is 0 Å². The highest BCUT2D eigenvalue weighted by atomic mass is 15.4. The van der Waals surface area contributed by atoms with Gasteiger partial charge >= 0.3 is 0 Å². The van der Waals surface area contributed by atoms with Gasteiger partial charge in [0.25, 0.3) is 0 Å². The van der Waals surface area contributed by atoms with Gasteiger partial charge in [-0.3, -0.25) is 4.98 Å². The quantitative estimate of drug-likeness (QED) is 0.798. The molecule has 2 N–H and O–H groups in total. The van der Waals surface area contributed by atoms with Crippen molar-refractivity contribution in [1.29, 1.82) is 0 Å². The first-order valence-corrected chi connectivity index (χ1v) is 6.42. The molecular weight excluding hydrogens is 222 g/mol. The summed E-state index contributed by atoms with van der Waals surface area (Å²) >= 11 is 0. The second-order valence-corrected chi connectivity index (χ2v) is 5.09. The highest BCUT2D eigenvalue weighted by molar-refractivity contribution is 5.38. The molecule has 0 amide bonds. The molecule has 0 spiro atoms. The van der Waals surface area contributed by atoms with E-state index in [1.807, 2.05) is 12.4 Å². The Kier molecular flexibility index (Phi) is 2.22. The lowest BCUT2D eigenvalue weighted by atomic mass is 9.91. The van der Waals surface area contributed by atoms with Crippen molar-refractivity contribution in [2.24, 2.45) is 5.92 Å². The van der Waals surface area contributed by atoms with Crippen LogP contribution in [0.25, 0.3) is 0 Å². The van der Waals surface area contributed by atoms with Gasteiger partial charge in [-0.25, -0.2) is 10.9 Å². The Morgan fingerprint density at radius 2 is 1.72 bits per heavy atom. The van der Waals surface area contributed by atoms with Crippen LogP contribution in [0.1, 0.15) is 28.8 Å². The fourth-order valence-corrected chi connectivity index (χ4v) is 3.31. The summed E-state index contributed by atoms with van der Waals surface area (Å²) in [4.78, 5) is 4.09. The summed E-state index contributed by atoms with van der Waals surface area (Å²) in [5.41, 5.74) is 11.1. The van der Waals surface area contributed by atoms with Crippen molar-refractivity contribution in [2.75, 3.05) is 0 Å². The predicted octanol–water partition coefficient (Wildman–Crippen LogP) is 2.14. The minimum Gasteiger partial charge on any atom is -0.265 e. The van der Waals surface area contributed by atoms with Crippen LogP contribution in [0.2, 0.25) is 0 Å². The predicted molar refractivity (Wildman–Crippen MR) is 69.6 cm³/mol. The van der Waals surface area contributed by atoms with Gasteiger partial charge in [0.15, 0.2) is 0 Å². The second-order valence-electron chi connectivity index (χ2n) is 5.09. The van der Waals surface area contributed by atoms with Crippen LogP contribution in [0.5, 0.6) is 0 Å². The summed E-state index contributed by atoms with van der Waals surface area (Å²) in [7, 11) is 0. The molecule has 3 unspecified atom stereocenters. The van der Waals surface area contributed by atoms with Crippen LogP contribution in [-0.2, 0) is 6.42 Å². The zero-order valence-electron chi connectivity index (χ0n) is 10.0. The molecule has 0 saturated carbocycles. The highest BCUT2D eigenvalue weighted by Crippen LogP contribution is 2.45. The van der Waals surface area contributed by atoms with E-state index in [1.54, 1.807) is 0 Å². The van der Waals surface area contributed by atoms with E-state index in [2.05, 4.69) is 52.2 Å². The number of hydrogen-bond donors (Lipinski definition) is 2. The number of rotatable bonds is 1. The van der Waals surface area contributed by atoms with E-state index in [-0.39, 0.29) is 0 Å². The highest BCUT2D eigenvalue weighted by Gasteiger charge is 2.42. The van der Waals surface area contributed by atoms with Crippen molar-refractivity contribution in [3.63, 3.8) is 0 Å². The number of hydrazine groups is 1. The molecule has 4 rings (SSSR count). The Morgan fingerprint density at radius 3 is 2.61 bits per heavy atom. The molecule has 3 heteroatoms. The third-order valence-corrected chi connectivity index (χ3v) is 4.16. The van der Waals surface area contributed by atoms with Crippen LogP contribution in [-0.4, -0.2) is 4.98 Å². The smallest absolute Gasteiger partial charge is 0.0515 e. The Morgan fingerprint density at radius 1 is 0.944 bits per heavy atom. The van der Waals surface area contributed by atoms with Gasteiger partial charge in [0.2, 0.25) is 0 Å². The van der Waals surface area contributed by atoms with Crippen LogP contribution in [0.4, 0.5) is 0 Å². The van der Waals surface area contributed by atoms with Gasteiger partial charge in [0.05, 0.1) is 12.1 Å². The second kappa shape index (κ2) is 3.90. The number of aromatic nitrogens is 1. The largest absolute Gasteiger partial charge is 0.265 e. The van der Waals surface area contributed by atoms with Crippen molar-refractivity contribution < 1.29 is 0 Å². The molecule has 1 aromatic carbocycles. The minimum atomic E-state index is 0.380. The maximum absolute atomic E-state index is 4.09. The molecule has 1 aliphatic carbocycles. The molecule has 1 aromatic heterocycles. The zero-order valence-corrected chi connectivity index (χ0v) is 10.0. The molecule has 0 radical (unpaired) electrons. The summed E-state index contributed by atoms with van der Waals surface area (Å²) in [5.74, 6) is 0.602. The maximum atomic E-state index is 4.09. The van der Waals surface area contributed by atoms with E-state index in [1.165, 1.54) is 16.7 Å². The van der Waals surface area contributed by atoms with Crippen molar-refractivity contribution in [2.45, 2.75) is 18.5 Å². The number of hydrogen-bond acceptors (Lipinski definition) is 3. The van der Waals surface area contributed by atoms with Gasteiger partial charge < -0.3 is 0 Å². The van der Waals surface area contributed by atoms with Gasteiger partial charge in [0, 0.05) is 18.3 Å². The van der Waals surface area contributed by atoms with E-state index in [4.69, 9.17) is 0 Å². The first kappa shape index (κ1) is 10.2. The van der Waals surface area contributed by atoms with E-state index >= 15 is 0 Å². The lowest BCUT2D eigenvalue weighted by Crippen LogP contribution is -2.27. The SMILES string of the molecule is c1ccc2c(c1)CC1C(c3ccncc3)NNC21. The maximum Gasteiger partial charge on any atom is 0.0515 e. The van der Waals surface area contributed by atoms with Crippen LogP contribution in [0, 0.1) is 5.92 Å². The van der Waals surface area contributed by atoms with E-state index in [0.717, 1.165) is 6.42 Å². The number of nitrogens with zero attached hydrogens (tertiary/aromatic N) is 1. The Bertz CT molecular complexity index is 567. The standard InChI is InChI=1S/C15H15N3/c1-2-4-12-11(3-1)9-13-14(17-18-15(12)13)10-5-7-16-8-6-10/h1-8,13-15,17-18H,9H2. The average Bonchev–Trinajstić information content (AvgIpc) is 2.98. The van der Waals surface area contributed by atoms with Crippen LogP contribution >= 0.6 is 0 Å². The molecule has 1 fully saturated rings. The van der Waals surface area contributed by atoms with Crippen LogP contribution < -0.4 is 10.9 Å². The third-order valence-electron chi connectivity index (χ3n) is 4.16. The summed E-state index contributed by atoms with van der Waals surface area (Å²) < 4.78 is 0. The normalized spacial score (nSPS) is 29.0. The fourth-order valence-electron chi connectivity index (χ4n) is 3.31. The number of nitrogens with one attached hydrogen (secondary N) is 2. The summed E-state index contributed by atoms with van der Waals surface area (Å²) in [6.07, 6.45) is 4.88. The van der Waals surface area contributed by atoms with Crippen LogP contribution in [0.3, 0.4) is 0 Å². The summed E-state index contributed by atoms with van der Waals surface area (Å²) in [5, 5.41) is 0. The van der Waals surface area contributed by atoms with E-state index in [9.17, 15) is 0 Å².